The van der Waals surface area contributed by atoms with Gasteiger partial charge in [0.15, 0.2) is 0 Å². The van der Waals surface area contributed by atoms with Gasteiger partial charge in [0.2, 0.25) is 0 Å². The molecule has 1 N–H and O–H groups in total. The molecule has 0 saturated carbocycles. The molecule has 0 aliphatic heterocycles. The van der Waals surface area contributed by atoms with E-state index in [0.717, 1.165) is 35.6 Å². The summed E-state index contributed by atoms with van der Waals surface area (Å²) >= 11 is 0. The van der Waals surface area contributed by atoms with Crippen LogP contribution in [0.5, 0.6) is 11.5 Å². The molecule has 0 radical (unpaired) electrons. The van der Waals surface area contributed by atoms with E-state index in [2.05, 4.69) is 63.3 Å². The van der Waals surface area contributed by atoms with Crippen molar-refractivity contribution in [2.75, 3.05) is 6.54 Å². The van der Waals surface area contributed by atoms with Crippen LogP contribution < -0.4 is 10.1 Å². The van der Waals surface area contributed by atoms with Crippen LogP contribution in [0.25, 0.3) is 0 Å². The summed E-state index contributed by atoms with van der Waals surface area (Å²) < 4.78 is 6.04. The fourth-order valence-electron chi connectivity index (χ4n) is 2.38. The van der Waals surface area contributed by atoms with E-state index in [1.54, 1.807) is 0 Å². The van der Waals surface area contributed by atoms with Crippen LogP contribution in [0.1, 0.15) is 43.0 Å². The van der Waals surface area contributed by atoms with Crippen LogP contribution in [0.4, 0.5) is 0 Å². The topological polar surface area (TPSA) is 21.3 Å². The number of nitrogens with one attached hydrogen (secondary N) is 1. The molecule has 21 heavy (non-hydrogen) atoms. The average molecular weight is 283 g/mol. The van der Waals surface area contributed by atoms with E-state index >= 15 is 0 Å². The Balaban J connectivity index is 2.09. The molecular formula is C19H25NO. The minimum atomic E-state index is 0.374. The molecule has 0 aliphatic rings. The Morgan fingerprint density at radius 1 is 1.00 bits per heavy atom. The quantitative estimate of drug-likeness (QED) is 0.791. The van der Waals surface area contributed by atoms with Crippen molar-refractivity contribution >= 4 is 0 Å². The lowest BCUT2D eigenvalue weighted by molar-refractivity contribution is 0.474. The van der Waals surface area contributed by atoms with E-state index in [-0.39, 0.29) is 0 Å². The van der Waals surface area contributed by atoms with E-state index in [4.69, 9.17) is 4.74 Å². The molecule has 1 atom stereocenters. The Kier molecular flexibility index (Phi) is 5.40. The molecule has 112 valence electrons. The van der Waals surface area contributed by atoms with E-state index in [1.165, 1.54) is 5.56 Å². The van der Waals surface area contributed by atoms with E-state index < -0.39 is 0 Å². The Labute approximate surface area is 128 Å². The largest absolute Gasteiger partial charge is 0.457 e. The van der Waals surface area contributed by atoms with Crippen LogP contribution in [-0.4, -0.2) is 6.54 Å². The molecule has 0 heterocycles. The van der Waals surface area contributed by atoms with Crippen molar-refractivity contribution in [1.82, 2.24) is 5.32 Å². The highest BCUT2D eigenvalue weighted by molar-refractivity contribution is 5.43. The first-order chi connectivity index (χ1) is 10.1. The van der Waals surface area contributed by atoms with Crippen LogP contribution in [0, 0.1) is 13.8 Å². The number of benzene rings is 2. The fourth-order valence-corrected chi connectivity index (χ4v) is 2.38. The summed E-state index contributed by atoms with van der Waals surface area (Å²) in [4.78, 5) is 0. The molecule has 0 spiro atoms. The summed E-state index contributed by atoms with van der Waals surface area (Å²) in [6.45, 7) is 9.57. The smallest absolute Gasteiger partial charge is 0.133 e. The fraction of sp³-hybridized carbons (Fsp3) is 0.368. The lowest BCUT2D eigenvalue weighted by Gasteiger charge is -2.15. The predicted molar refractivity (Wildman–Crippen MR) is 89.1 cm³/mol. The third-order valence-corrected chi connectivity index (χ3v) is 3.71. The highest BCUT2D eigenvalue weighted by atomic mass is 16.5. The predicted octanol–water partition coefficient (Wildman–Crippen LogP) is 5.16. The minimum Gasteiger partial charge on any atom is -0.457 e. The van der Waals surface area contributed by atoms with Gasteiger partial charge in [-0.25, -0.2) is 0 Å². The summed E-state index contributed by atoms with van der Waals surface area (Å²) in [6.07, 6.45) is 1.15. The van der Waals surface area contributed by atoms with Gasteiger partial charge in [-0.05, 0) is 62.6 Å². The van der Waals surface area contributed by atoms with Gasteiger partial charge >= 0.3 is 0 Å². The average Bonchev–Trinajstić information content (AvgIpc) is 2.49. The van der Waals surface area contributed by atoms with Crippen molar-refractivity contribution in [2.24, 2.45) is 0 Å². The van der Waals surface area contributed by atoms with Gasteiger partial charge in [-0.3, -0.25) is 0 Å². The molecule has 0 bridgehead atoms. The number of hydrogen-bond donors (Lipinski definition) is 1. The van der Waals surface area contributed by atoms with Gasteiger partial charge in [0.1, 0.15) is 11.5 Å². The molecule has 0 aliphatic carbocycles. The van der Waals surface area contributed by atoms with Crippen molar-refractivity contribution in [1.29, 1.82) is 0 Å². The van der Waals surface area contributed by atoms with Gasteiger partial charge in [-0.2, -0.15) is 0 Å². The van der Waals surface area contributed by atoms with E-state index in [0.29, 0.717) is 6.04 Å². The standard InChI is InChI=1S/C19H25NO/c1-5-13-20-16(4)17-9-11-18(12-10-17)21-19-14(2)7-6-8-15(19)3/h6-12,16,20H,5,13H2,1-4H3. The van der Waals surface area contributed by atoms with Gasteiger partial charge in [-0.1, -0.05) is 37.3 Å². The molecule has 0 amide bonds. The third-order valence-electron chi connectivity index (χ3n) is 3.71. The van der Waals surface area contributed by atoms with Crippen molar-refractivity contribution in [3.63, 3.8) is 0 Å². The van der Waals surface area contributed by atoms with Gasteiger partial charge in [-0.15, -0.1) is 0 Å². The summed E-state index contributed by atoms with van der Waals surface area (Å²) in [5.41, 5.74) is 3.62. The zero-order valence-electron chi connectivity index (χ0n) is 13.4. The third kappa shape index (κ3) is 4.08. The Bertz CT molecular complexity index is 554. The maximum absolute atomic E-state index is 6.04. The first-order valence-electron chi connectivity index (χ1n) is 7.69. The van der Waals surface area contributed by atoms with Gasteiger partial charge < -0.3 is 10.1 Å². The second-order valence-electron chi connectivity index (χ2n) is 5.57. The van der Waals surface area contributed by atoms with Crippen LogP contribution >= 0.6 is 0 Å². The highest BCUT2D eigenvalue weighted by Crippen LogP contribution is 2.29. The number of aryl methyl sites for hydroxylation is 2. The molecule has 2 aromatic carbocycles. The Morgan fingerprint density at radius 2 is 1.62 bits per heavy atom. The van der Waals surface area contributed by atoms with Crippen LogP contribution in [-0.2, 0) is 0 Å². The number of rotatable bonds is 6. The van der Waals surface area contributed by atoms with Crippen molar-refractivity contribution in [3.8, 4) is 11.5 Å². The van der Waals surface area contributed by atoms with Crippen molar-refractivity contribution in [2.45, 2.75) is 40.2 Å². The second kappa shape index (κ2) is 7.28. The highest BCUT2D eigenvalue weighted by Gasteiger charge is 2.07. The number of ether oxygens (including phenoxy) is 1. The lowest BCUT2D eigenvalue weighted by Crippen LogP contribution is -2.19. The molecule has 1 unspecified atom stereocenters. The zero-order valence-corrected chi connectivity index (χ0v) is 13.4. The zero-order chi connectivity index (χ0) is 15.2. The Hall–Kier alpha value is -1.80. The molecule has 2 rings (SSSR count). The molecule has 0 aromatic heterocycles. The monoisotopic (exact) mass is 283 g/mol. The molecule has 2 nitrogen and oxygen atoms in total. The second-order valence-corrected chi connectivity index (χ2v) is 5.57. The summed E-state index contributed by atoms with van der Waals surface area (Å²) in [5, 5.41) is 3.50. The summed E-state index contributed by atoms with van der Waals surface area (Å²) in [6, 6.07) is 14.9. The van der Waals surface area contributed by atoms with Crippen molar-refractivity contribution < 1.29 is 4.74 Å². The molecule has 2 heteroatoms. The van der Waals surface area contributed by atoms with Crippen LogP contribution in [0.3, 0.4) is 0 Å². The van der Waals surface area contributed by atoms with Crippen LogP contribution in [0.15, 0.2) is 42.5 Å². The normalized spacial score (nSPS) is 12.2. The number of hydrogen-bond acceptors (Lipinski definition) is 2. The first kappa shape index (κ1) is 15.6. The maximum Gasteiger partial charge on any atom is 0.133 e. The van der Waals surface area contributed by atoms with Gasteiger partial charge in [0.05, 0.1) is 0 Å². The Morgan fingerprint density at radius 3 is 2.19 bits per heavy atom. The van der Waals surface area contributed by atoms with Crippen LogP contribution in [0.2, 0.25) is 0 Å². The van der Waals surface area contributed by atoms with Gasteiger partial charge in [0, 0.05) is 6.04 Å². The minimum absolute atomic E-state index is 0.374. The molecule has 2 aromatic rings. The van der Waals surface area contributed by atoms with Gasteiger partial charge in [0.25, 0.3) is 0 Å². The first-order valence-corrected chi connectivity index (χ1v) is 7.69. The SMILES string of the molecule is CCCNC(C)c1ccc(Oc2c(C)cccc2C)cc1. The molecular weight excluding hydrogens is 258 g/mol. The lowest BCUT2D eigenvalue weighted by atomic mass is 10.1. The van der Waals surface area contributed by atoms with Crippen molar-refractivity contribution in [3.05, 3.63) is 59.2 Å². The van der Waals surface area contributed by atoms with E-state index in [1.807, 2.05) is 12.1 Å². The molecule has 0 fully saturated rings. The summed E-state index contributed by atoms with van der Waals surface area (Å²) in [7, 11) is 0. The summed E-state index contributed by atoms with van der Waals surface area (Å²) in [5.74, 6) is 1.85. The molecule has 0 saturated heterocycles. The van der Waals surface area contributed by atoms with E-state index in [9.17, 15) is 0 Å². The number of para-hydroxylation sites is 1. The maximum atomic E-state index is 6.04.